The van der Waals surface area contributed by atoms with Crippen LogP contribution in [-0.4, -0.2) is 82.0 Å². The molecule has 46 heavy (non-hydrogen) atoms. The highest BCUT2D eigenvalue weighted by Gasteiger charge is 2.27. The Morgan fingerprint density at radius 3 is 2.67 bits per heavy atom. The molecular formula is C33H39N7O6. The predicted molar refractivity (Wildman–Crippen MR) is 168 cm³/mol. The number of aryl methyl sites for hydroxylation is 3. The van der Waals surface area contributed by atoms with Gasteiger partial charge in [-0.15, -0.1) is 5.10 Å². The zero-order chi connectivity index (χ0) is 32.5. The number of nitrogens with one attached hydrogen (secondary N) is 2. The number of para-hydroxylation sites is 1. The summed E-state index contributed by atoms with van der Waals surface area (Å²) in [5.41, 5.74) is 2.35. The number of hydrogen-bond acceptors (Lipinski definition) is 9. The third-order valence-corrected chi connectivity index (χ3v) is 7.66. The van der Waals surface area contributed by atoms with E-state index >= 15 is 0 Å². The fourth-order valence-corrected chi connectivity index (χ4v) is 5.21. The fourth-order valence-electron chi connectivity index (χ4n) is 5.21. The number of nitrogens with zero attached hydrogens (tertiary/aromatic N) is 5. The molecule has 0 saturated heterocycles. The highest BCUT2D eigenvalue weighted by Crippen LogP contribution is 2.31. The van der Waals surface area contributed by atoms with E-state index in [1.165, 1.54) is 7.11 Å². The van der Waals surface area contributed by atoms with Crippen LogP contribution in [0.5, 0.6) is 11.5 Å². The highest BCUT2D eigenvalue weighted by molar-refractivity contribution is 6.00. The third-order valence-electron chi connectivity index (χ3n) is 7.66. The molecule has 13 heteroatoms. The van der Waals surface area contributed by atoms with Gasteiger partial charge in [0.15, 0.2) is 17.4 Å². The Hall–Kier alpha value is -5.20. The van der Waals surface area contributed by atoms with Gasteiger partial charge < -0.3 is 29.4 Å². The van der Waals surface area contributed by atoms with Gasteiger partial charge in [0.1, 0.15) is 6.04 Å². The van der Waals surface area contributed by atoms with Crippen LogP contribution in [0.1, 0.15) is 57.1 Å². The molecule has 2 aromatic heterocycles. The van der Waals surface area contributed by atoms with Crippen LogP contribution >= 0.6 is 0 Å². The molecule has 1 atom stereocenters. The molecule has 0 spiro atoms. The van der Waals surface area contributed by atoms with Crippen LogP contribution in [0.15, 0.2) is 59.1 Å². The molecule has 0 radical (unpaired) electrons. The molecule has 5 rings (SSSR count). The van der Waals surface area contributed by atoms with Crippen LogP contribution in [0.4, 0.5) is 0 Å². The molecular weight excluding hydrogens is 590 g/mol. The van der Waals surface area contributed by atoms with Crippen molar-refractivity contribution in [2.75, 3.05) is 33.4 Å². The second-order valence-electron chi connectivity index (χ2n) is 10.9. The summed E-state index contributed by atoms with van der Waals surface area (Å²) < 4.78 is 19.0. The molecule has 0 fully saturated rings. The van der Waals surface area contributed by atoms with Crippen LogP contribution in [0.2, 0.25) is 0 Å². The van der Waals surface area contributed by atoms with Gasteiger partial charge in [-0.3, -0.25) is 19.1 Å². The maximum absolute atomic E-state index is 13.7. The first-order valence-corrected chi connectivity index (χ1v) is 15.4. The van der Waals surface area contributed by atoms with Crippen molar-refractivity contribution < 1.29 is 28.3 Å². The van der Waals surface area contributed by atoms with Crippen molar-refractivity contribution in [1.29, 1.82) is 0 Å². The van der Waals surface area contributed by atoms with Gasteiger partial charge in [-0.1, -0.05) is 48.5 Å². The summed E-state index contributed by atoms with van der Waals surface area (Å²) in [6.45, 7) is 5.10. The van der Waals surface area contributed by atoms with Crippen LogP contribution in [0.25, 0.3) is 0 Å². The summed E-state index contributed by atoms with van der Waals surface area (Å²) in [5.74, 6) is 0.165. The normalized spacial score (nSPS) is 16.6. The molecule has 2 aromatic carbocycles. The largest absolute Gasteiger partial charge is 0.493 e. The Morgan fingerprint density at radius 2 is 1.91 bits per heavy atom. The predicted octanol–water partition coefficient (Wildman–Crippen LogP) is 2.77. The van der Waals surface area contributed by atoms with Gasteiger partial charge in [-0.2, -0.15) is 0 Å². The smallest absolute Gasteiger partial charge is 0.291 e. The summed E-state index contributed by atoms with van der Waals surface area (Å²) in [6.07, 6.45) is 3.68. The number of aromatic nitrogens is 4. The van der Waals surface area contributed by atoms with Crippen LogP contribution in [0, 0.1) is 6.92 Å². The molecule has 1 aliphatic rings. The number of fused-ring (bicyclic) bond motifs is 3. The molecule has 1 aliphatic heterocycles. The molecule has 13 nitrogen and oxygen atoms in total. The molecule has 2 bridgehead atoms. The Labute approximate surface area is 267 Å². The first kappa shape index (κ1) is 32.2. The van der Waals surface area contributed by atoms with Crippen molar-refractivity contribution in [2.24, 2.45) is 0 Å². The van der Waals surface area contributed by atoms with E-state index in [9.17, 15) is 14.4 Å². The lowest BCUT2D eigenvalue weighted by molar-refractivity contribution is -0.123. The van der Waals surface area contributed by atoms with Crippen molar-refractivity contribution in [3.05, 3.63) is 88.9 Å². The quantitative estimate of drug-likeness (QED) is 0.339. The highest BCUT2D eigenvalue weighted by atomic mass is 16.5. The monoisotopic (exact) mass is 629 g/mol. The average molecular weight is 630 g/mol. The maximum atomic E-state index is 13.7. The minimum Gasteiger partial charge on any atom is -0.493 e. The second-order valence-corrected chi connectivity index (χ2v) is 10.9. The number of rotatable bonds is 5. The standard InChI is InChI=1S/C33H39N7O6/c1-4-28-35-22(2)29(46-28)33(43)39-17-14-24-21-40(38-37-24)16-9-19-45-30-25(12-8-13-27(30)44-3)31(41)36-26(32(42)34-15-18-39)20-23-10-6-5-7-11-23/h5-8,10-13,21,26H,4,9,14-20H2,1-3H3,(H,34,42)(H,36,41)/t26-/m0/s1. The van der Waals surface area contributed by atoms with E-state index in [0.717, 1.165) is 5.56 Å². The number of carbonyl (C=O) groups is 3. The number of amides is 3. The van der Waals surface area contributed by atoms with Gasteiger partial charge in [0.25, 0.3) is 11.8 Å². The number of hydrogen-bond donors (Lipinski definition) is 2. The van der Waals surface area contributed by atoms with Gasteiger partial charge in [0.05, 0.1) is 30.7 Å². The van der Waals surface area contributed by atoms with E-state index in [1.807, 2.05) is 43.5 Å². The van der Waals surface area contributed by atoms with Gasteiger partial charge >= 0.3 is 0 Å². The average Bonchev–Trinajstić information content (AvgIpc) is 3.69. The molecule has 3 amide bonds. The lowest BCUT2D eigenvalue weighted by Gasteiger charge is -2.23. The summed E-state index contributed by atoms with van der Waals surface area (Å²) in [7, 11) is 1.51. The van der Waals surface area contributed by atoms with E-state index in [-0.39, 0.29) is 49.3 Å². The lowest BCUT2D eigenvalue weighted by Crippen LogP contribution is -2.50. The van der Waals surface area contributed by atoms with E-state index < -0.39 is 11.9 Å². The van der Waals surface area contributed by atoms with Crippen molar-refractivity contribution in [2.45, 2.75) is 52.1 Å². The number of ether oxygens (including phenoxy) is 2. The maximum Gasteiger partial charge on any atom is 0.291 e. The minimum atomic E-state index is -0.905. The van der Waals surface area contributed by atoms with Crippen molar-refractivity contribution in [1.82, 2.24) is 35.5 Å². The van der Waals surface area contributed by atoms with E-state index in [2.05, 4.69) is 25.9 Å². The van der Waals surface area contributed by atoms with Crippen molar-refractivity contribution >= 4 is 17.7 Å². The SMILES string of the molecule is CCc1nc(C)c(C(=O)N2CCNC(=O)[C@H](Cc3ccccc3)NC(=O)c3cccc(OC)c3OCCCn3cc(nn3)CC2)o1. The van der Waals surface area contributed by atoms with Crippen LogP contribution < -0.4 is 20.1 Å². The number of methoxy groups -OCH3 is 1. The first-order valence-electron chi connectivity index (χ1n) is 15.4. The third kappa shape index (κ3) is 7.89. The van der Waals surface area contributed by atoms with Crippen molar-refractivity contribution in [3.8, 4) is 11.5 Å². The summed E-state index contributed by atoms with van der Waals surface area (Å²) in [4.78, 5) is 46.9. The summed E-state index contributed by atoms with van der Waals surface area (Å²) >= 11 is 0. The Morgan fingerprint density at radius 1 is 1.09 bits per heavy atom. The molecule has 3 heterocycles. The number of oxazole rings is 1. The second kappa shape index (κ2) is 15.2. The molecule has 0 unspecified atom stereocenters. The van der Waals surface area contributed by atoms with E-state index in [0.29, 0.717) is 61.1 Å². The zero-order valence-electron chi connectivity index (χ0n) is 26.3. The lowest BCUT2D eigenvalue weighted by atomic mass is 10.0. The molecule has 242 valence electrons. The molecule has 0 aliphatic carbocycles. The molecule has 0 saturated carbocycles. The van der Waals surface area contributed by atoms with Gasteiger partial charge in [0.2, 0.25) is 11.7 Å². The Balaban J connectivity index is 1.42. The molecule has 2 N–H and O–H groups in total. The first-order chi connectivity index (χ1) is 22.4. The fraction of sp³-hybridized carbons (Fsp3) is 0.394. The minimum absolute atomic E-state index is 0.139. The summed E-state index contributed by atoms with van der Waals surface area (Å²) in [6, 6.07) is 13.6. The number of benzene rings is 2. The van der Waals surface area contributed by atoms with Crippen LogP contribution in [0.3, 0.4) is 0 Å². The Bertz CT molecular complexity index is 1650. The van der Waals surface area contributed by atoms with E-state index in [1.54, 1.807) is 34.7 Å². The topological polar surface area (TPSA) is 154 Å². The van der Waals surface area contributed by atoms with Crippen LogP contribution in [-0.2, 0) is 30.6 Å². The summed E-state index contributed by atoms with van der Waals surface area (Å²) in [5, 5.41) is 14.3. The number of carbonyl (C=O) groups excluding carboxylic acids is 3. The zero-order valence-corrected chi connectivity index (χ0v) is 26.3. The Kier molecular flexibility index (Phi) is 10.6. The van der Waals surface area contributed by atoms with Gasteiger partial charge in [0, 0.05) is 58.1 Å². The van der Waals surface area contributed by atoms with Crippen molar-refractivity contribution in [3.63, 3.8) is 0 Å². The van der Waals surface area contributed by atoms with Gasteiger partial charge in [-0.05, 0) is 24.6 Å². The molecule has 4 aromatic rings. The van der Waals surface area contributed by atoms with E-state index in [4.69, 9.17) is 13.9 Å². The van der Waals surface area contributed by atoms with Gasteiger partial charge in [-0.25, -0.2) is 4.98 Å².